The number of ether oxygens (including phenoxy) is 1. The zero-order valence-corrected chi connectivity index (χ0v) is 24.6. The molecule has 12 heteroatoms. The Bertz CT molecular complexity index is 998. The van der Waals surface area contributed by atoms with Crippen LogP contribution in [0.25, 0.3) is 0 Å². The molecule has 212 valence electrons. The van der Waals surface area contributed by atoms with Gasteiger partial charge < -0.3 is 25.4 Å². The van der Waals surface area contributed by atoms with E-state index in [1.54, 1.807) is 30.1 Å². The maximum absolute atomic E-state index is 12.9. The van der Waals surface area contributed by atoms with E-state index in [4.69, 9.17) is 4.74 Å². The molecule has 10 nitrogen and oxygen atoms in total. The number of aromatic nitrogens is 2. The second-order valence-electron chi connectivity index (χ2n) is 9.69. The van der Waals surface area contributed by atoms with Crippen molar-refractivity contribution in [1.29, 1.82) is 0 Å². The van der Waals surface area contributed by atoms with E-state index in [9.17, 15) is 19.5 Å². The Balaban J connectivity index is 1.80. The van der Waals surface area contributed by atoms with Crippen LogP contribution in [0.4, 0.5) is 9.59 Å². The van der Waals surface area contributed by atoms with Crippen molar-refractivity contribution in [3.8, 4) is 0 Å². The van der Waals surface area contributed by atoms with Gasteiger partial charge in [-0.15, -0.1) is 22.7 Å². The molecule has 38 heavy (non-hydrogen) atoms. The van der Waals surface area contributed by atoms with Crippen LogP contribution in [-0.2, 0) is 22.7 Å². The first-order chi connectivity index (χ1) is 18.2. The van der Waals surface area contributed by atoms with Gasteiger partial charge in [0.1, 0.15) is 12.6 Å². The van der Waals surface area contributed by atoms with Crippen molar-refractivity contribution in [2.75, 3.05) is 13.7 Å². The van der Waals surface area contributed by atoms with Gasteiger partial charge in [-0.25, -0.2) is 14.6 Å². The molecule has 2 aromatic rings. The standard InChI is InChI=1S/C26H41N5O5S2/c1-6-18(8-9-19(7-2)29-26(35)36-14-21-11-27-16-38-21)10-23(33)22(13-32)30-25(34)31(5)12-20-15-37-24(28-20)17(3)4/h11,15-19,22,32H,6-10,12-14H2,1-5H3,(H,29,35)(H,30,34)/t18-,19-,22-/m0/s1. The zero-order valence-electron chi connectivity index (χ0n) is 22.9. The molecule has 0 aromatic carbocycles. The van der Waals surface area contributed by atoms with Gasteiger partial charge >= 0.3 is 12.1 Å². The Morgan fingerprint density at radius 2 is 1.89 bits per heavy atom. The van der Waals surface area contributed by atoms with Crippen molar-refractivity contribution in [2.24, 2.45) is 5.92 Å². The number of aliphatic hydroxyl groups excluding tert-OH is 1. The Morgan fingerprint density at radius 3 is 2.47 bits per heavy atom. The molecule has 2 rings (SSSR count). The van der Waals surface area contributed by atoms with E-state index in [0.29, 0.717) is 18.9 Å². The molecule has 2 heterocycles. The van der Waals surface area contributed by atoms with Crippen LogP contribution < -0.4 is 10.6 Å². The highest BCUT2D eigenvalue weighted by Gasteiger charge is 2.25. The number of hydrogen-bond acceptors (Lipinski definition) is 9. The third-order valence-corrected chi connectivity index (χ3v) is 8.26. The van der Waals surface area contributed by atoms with Crippen LogP contribution in [0.3, 0.4) is 0 Å². The van der Waals surface area contributed by atoms with Gasteiger partial charge in [0.25, 0.3) is 0 Å². The molecule has 3 N–H and O–H groups in total. The molecule has 0 spiro atoms. The van der Waals surface area contributed by atoms with Crippen LogP contribution in [0.1, 0.15) is 81.3 Å². The fourth-order valence-electron chi connectivity index (χ4n) is 3.81. The fraction of sp³-hybridized carbons (Fsp3) is 0.654. The molecule has 0 radical (unpaired) electrons. The Hall–Kier alpha value is -2.57. The van der Waals surface area contributed by atoms with Crippen LogP contribution in [-0.4, -0.2) is 63.6 Å². The summed E-state index contributed by atoms with van der Waals surface area (Å²) in [4.78, 5) is 48.6. The van der Waals surface area contributed by atoms with Crippen LogP contribution in [0.5, 0.6) is 0 Å². The minimum atomic E-state index is -0.970. The molecule has 0 saturated carbocycles. The lowest BCUT2D eigenvalue weighted by Crippen LogP contribution is -2.48. The summed E-state index contributed by atoms with van der Waals surface area (Å²) in [7, 11) is 1.64. The Kier molecular flexibility index (Phi) is 13.7. The van der Waals surface area contributed by atoms with Crippen molar-refractivity contribution in [3.05, 3.63) is 32.7 Å². The molecule has 2 aromatic heterocycles. The summed E-state index contributed by atoms with van der Waals surface area (Å²) in [5.74, 6) is 0.184. The van der Waals surface area contributed by atoms with Gasteiger partial charge in [-0.2, -0.15) is 0 Å². The van der Waals surface area contributed by atoms with Gasteiger partial charge in [0, 0.05) is 37.0 Å². The predicted octanol–water partition coefficient (Wildman–Crippen LogP) is 4.70. The smallest absolute Gasteiger partial charge is 0.407 e. The molecule has 3 amide bonds. The van der Waals surface area contributed by atoms with E-state index >= 15 is 0 Å². The van der Waals surface area contributed by atoms with Crippen molar-refractivity contribution >= 4 is 40.6 Å². The summed E-state index contributed by atoms with van der Waals surface area (Å²) in [6.45, 7) is 8.17. The number of urea groups is 1. The highest BCUT2D eigenvalue weighted by Crippen LogP contribution is 2.21. The van der Waals surface area contributed by atoms with Crippen molar-refractivity contribution in [2.45, 2.75) is 91.0 Å². The molecular formula is C26H41N5O5S2. The molecule has 0 bridgehead atoms. The third-order valence-electron chi connectivity index (χ3n) is 6.31. The number of Topliss-reactive ketones (excluding diaryl/α,β-unsaturated/α-hetero) is 1. The molecule has 0 unspecified atom stereocenters. The van der Waals surface area contributed by atoms with E-state index < -0.39 is 24.8 Å². The lowest BCUT2D eigenvalue weighted by atomic mass is 9.90. The first-order valence-corrected chi connectivity index (χ1v) is 14.8. The number of alkyl carbamates (subject to hydrolysis) is 1. The fourth-order valence-corrected chi connectivity index (χ4v) is 5.15. The number of ketones is 1. The minimum Gasteiger partial charge on any atom is -0.444 e. The van der Waals surface area contributed by atoms with Crippen molar-refractivity contribution in [1.82, 2.24) is 25.5 Å². The van der Waals surface area contributed by atoms with Gasteiger partial charge in [0.2, 0.25) is 0 Å². The number of amides is 3. The summed E-state index contributed by atoms with van der Waals surface area (Å²) >= 11 is 2.99. The van der Waals surface area contributed by atoms with E-state index in [0.717, 1.165) is 34.8 Å². The quantitative estimate of drug-likeness (QED) is 0.268. The summed E-state index contributed by atoms with van der Waals surface area (Å²) in [5.41, 5.74) is 2.48. The van der Waals surface area contributed by atoms with Gasteiger partial charge in [-0.05, 0) is 25.2 Å². The highest BCUT2D eigenvalue weighted by molar-refractivity contribution is 7.09. The number of hydrogen-bond donors (Lipinski definition) is 3. The number of nitrogens with zero attached hydrogens (tertiary/aromatic N) is 3. The van der Waals surface area contributed by atoms with E-state index in [1.165, 1.54) is 16.2 Å². The molecule has 0 aliphatic rings. The van der Waals surface area contributed by atoms with Gasteiger partial charge in [0.05, 0.1) is 34.2 Å². The summed E-state index contributed by atoms with van der Waals surface area (Å²) in [6.07, 6.45) is 4.36. The van der Waals surface area contributed by atoms with Crippen LogP contribution in [0, 0.1) is 5.92 Å². The number of aliphatic hydroxyl groups is 1. The third kappa shape index (κ3) is 10.7. The first-order valence-electron chi connectivity index (χ1n) is 13.1. The topological polar surface area (TPSA) is 134 Å². The average Bonchev–Trinajstić information content (AvgIpc) is 3.59. The average molecular weight is 568 g/mol. The highest BCUT2D eigenvalue weighted by atomic mass is 32.1. The Labute approximate surface area is 233 Å². The Morgan fingerprint density at radius 1 is 1.13 bits per heavy atom. The van der Waals surface area contributed by atoms with Crippen molar-refractivity contribution < 1.29 is 24.2 Å². The second kappa shape index (κ2) is 16.4. The molecule has 0 fully saturated rings. The van der Waals surface area contributed by atoms with Crippen LogP contribution in [0.15, 0.2) is 17.1 Å². The largest absolute Gasteiger partial charge is 0.444 e. The second-order valence-corrected chi connectivity index (χ2v) is 11.5. The lowest BCUT2D eigenvalue weighted by molar-refractivity contribution is -0.122. The number of nitrogens with one attached hydrogen (secondary N) is 2. The summed E-state index contributed by atoms with van der Waals surface area (Å²) < 4.78 is 5.26. The zero-order chi connectivity index (χ0) is 28.1. The molecular weight excluding hydrogens is 526 g/mol. The van der Waals surface area contributed by atoms with Crippen LogP contribution >= 0.6 is 22.7 Å². The van der Waals surface area contributed by atoms with Gasteiger partial charge in [-0.3, -0.25) is 9.78 Å². The maximum atomic E-state index is 12.9. The van der Waals surface area contributed by atoms with E-state index in [-0.39, 0.29) is 30.8 Å². The van der Waals surface area contributed by atoms with Crippen molar-refractivity contribution in [3.63, 3.8) is 0 Å². The normalized spacial score (nSPS) is 13.6. The lowest BCUT2D eigenvalue weighted by Gasteiger charge is -2.24. The van der Waals surface area contributed by atoms with Crippen LogP contribution in [0.2, 0.25) is 0 Å². The SMILES string of the molecule is CC[C@@H](CC[C@H](CC)NC(=O)OCc1cncs1)CC(=O)[C@H](CO)NC(=O)N(C)Cc1csc(C(C)C)n1. The van der Waals surface area contributed by atoms with E-state index in [2.05, 4.69) is 34.4 Å². The van der Waals surface area contributed by atoms with Gasteiger partial charge in [0.15, 0.2) is 5.78 Å². The maximum Gasteiger partial charge on any atom is 0.407 e. The summed E-state index contributed by atoms with van der Waals surface area (Å²) in [5, 5.41) is 18.3. The number of rotatable bonds is 16. The van der Waals surface area contributed by atoms with E-state index in [1.807, 2.05) is 19.2 Å². The molecule has 0 saturated heterocycles. The molecule has 0 aliphatic heterocycles. The molecule has 0 aliphatic carbocycles. The minimum absolute atomic E-state index is 0.0692. The number of thiazole rings is 2. The van der Waals surface area contributed by atoms with Gasteiger partial charge in [-0.1, -0.05) is 34.1 Å². The number of carbonyl (C=O) groups is 3. The monoisotopic (exact) mass is 567 g/mol. The first kappa shape index (κ1) is 31.6. The predicted molar refractivity (Wildman–Crippen MR) is 149 cm³/mol. The number of carbonyl (C=O) groups excluding carboxylic acids is 3. The molecule has 3 atom stereocenters. The summed E-state index contributed by atoms with van der Waals surface area (Å²) in [6, 6.07) is -1.48.